The fraction of sp³-hybridized carbons (Fsp3) is 0.188. The summed E-state index contributed by atoms with van der Waals surface area (Å²) < 4.78 is 39.6. The van der Waals surface area contributed by atoms with Crippen molar-refractivity contribution in [2.45, 2.75) is 18.2 Å². The summed E-state index contributed by atoms with van der Waals surface area (Å²) in [4.78, 5) is 10.9. The minimum atomic E-state index is -3.93. The Labute approximate surface area is 134 Å². The Hall–Kier alpha value is -2.41. The van der Waals surface area contributed by atoms with E-state index in [1.165, 1.54) is 24.3 Å². The lowest BCUT2D eigenvalue weighted by atomic mass is 10.2. The number of carboxylic acids is 1. The van der Waals surface area contributed by atoms with Crippen molar-refractivity contribution in [2.75, 3.05) is 10.8 Å². The van der Waals surface area contributed by atoms with E-state index in [0.29, 0.717) is 0 Å². The molecule has 2 rings (SSSR count). The van der Waals surface area contributed by atoms with Gasteiger partial charge >= 0.3 is 5.97 Å². The minimum absolute atomic E-state index is 0.0535. The summed E-state index contributed by atoms with van der Waals surface area (Å²) in [5.41, 5.74) is 1.12. The molecule has 0 saturated heterocycles. The number of sulfonamides is 1. The third-order valence-electron chi connectivity index (χ3n) is 3.25. The zero-order valence-electron chi connectivity index (χ0n) is 12.4. The Morgan fingerprint density at radius 2 is 1.65 bits per heavy atom. The van der Waals surface area contributed by atoms with Crippen LogP contribution in [0, 0.1) is 12.7 Å². The van der Waals surface area contributed by atoms with Crippen LogP contribution in [0.25, 0.3) is 0 Å². The molecule has 0 heterocycles. The fourth-order valence-electron chi connectivity index (χ4n) is 2.03. The van der Waals surface area contributed by atoms with E-state index in [-0.39, 0.29) is 23.5 Å². The van der Waals surface area contributed by atoms with Crippen molar-refractivity contribution >= 4 is 21.7 Å². The van der Waals surface area contributed by atoms with Crippen molar-refractivity contribution in [3.05, 3.63) is 59.9 Å². The van der Waals surface area contributed by atoms with Gasteiger partial charge in [0.1, 0.15) is 5.82 Å². The van der Waals surface area contributed by atoms with Gasteiger partial charge in [-0.05, 0) is 43.3 Å². The molecular weight excluding hydrogens is 321 g/mol. The highest BCUT2D eigenvalue weighted by molar-refractivity contribution is 7.92. The number of carbonyl (C=O) groups is 1. The van der Waals surface area contributed by atoms with Gasteiger partial charge in [0.25, 0.3) is 10.0 Å². The lowest BCUT2D eigenvalue weighted by molar-refractivity contribution is -0.136. The van der Waals surface area contributed by atoms with Gasteiger partial charge in [0, 0.05) is 6.54 Å². The lowest BCUT2D eigenvalue weighted by Gasteiger charge is -2.24. The molecule has 0 spiro atoms. The van der Waals surface area contributed by atoms with Gasteiger partial charge in [-0.25, -0.2) is 12.8 Å². The first kappa shape index (κ1) is 17.0. The number of rotatable bonds is 6. The number of nitrogens with zero attached hydrogens (tertiary/aromatic N) is 1. The predicted molar refractivity (Wildman–Crippen MR) is 84.4 cm³/mol. The number of hydrogen-bond acceptors (Lipinski definition) is 3. The van der Waals surface area contributed by atoms with Gasteiger partial charge in [-0.15, -0.1) is 0 Å². The summed E-state index contributed by atoms with van der Waals surface area (Å²) in [7, 11) is -3.93. The highest BCUT2D eigenvalue weighted by atomic mass is 32.2. The highest BCUT2D eigenvalue weighted by Gasteiger charge is 2.25. The van der Waals surface area contributed by atoms with E-state index >= 15 is 0 Å². The molecule has 0 aliphatic heterocycles. The van der Waals surface area contributed by atoms with Gasteiger partial charge < -0.3 is 5.11 Å². The van der Waals surface area contributed by atoms with Crippen LogP contribution in [0.2, 0.25) is 0 Å². The van der Waals surface area contributed by atoms with Gasteiger partial charge in [0.05, 0.1) is 17.0 Å². The van der Waals surface area contributed by atoms with Crippen LogP contribution in [0.4, 0.5) is 10.1 Å². The van der Waals surface area contributed by atoms with Crippen molar-refractivity contribution < 1.29 is 22.7 Å². The molecule has 0 aliphatic carbocycles. The number of benzene rings is 2. The van der Waals surface area contributed by atoms with Crippen LogP contribution in [0.15, 0.2) is 53.4 Å². The minimum Gasteiger partial charge on any atom is -0.481 e. The fourth-order valence-corrected chi connectivity index (χ4v) is 3.50. The number of anilines is 1. The van der Waals surface area contributed by atoms with Crippen LogP contribution in [-0.4, -0.2) is 26.0 Å². The molecule has 0 atom stereocenters. The number of aliphatic carboxylic acids is 1. The molecule has 1 N–H and O–H groups in total. The maximum Gasteiger partial charge on any atom is 0.305 e. The second-order valence-electron chi connectivity index (χ2n) is 5.01. The van der Waals surface area contributed by atoms with E-state index in [1.54, 1.807) is 12.1 Å². The summed E-state index contributed by atoms with van der Waals surface area (Å²) in [6, 6.07) is 11.1. The maximum absolute atomic E-state index is 13.1. The first-order valence-corrected chi connectivity index (χ1v) is 8.31. The molecule has 0 unspecified atom stereocenters. The van der Waals surface area contributed by atoms with Gasteiger partial charge in [-0.3, -0.25) is 9.10 Å². The molecule has 0 bridgehead atoms. The molecule has 2 aromatic rings. The third-order valence-corrected chi connectivity index (χ3v) is 5.09. The zero-order valence-corrected chi connectivity index (χ0v) is 13.3. The van der Waals surface area contributed by atoms with Crippen molar-refractivity contribution in [1.29, 1.82) is 0 Å². The van der Waals surface area contributed by atoms with Crippen molar-refractivity contribution in [2.24, 2.45) is 0 Å². The third kappa shape index (κ3) is 4.07. The molecule has 0 aliphatic rings. The van der Waals surface area contributed by atoms with E-state index < -0.39 is 21.8 Å². The molecule has 2 aromatic carbocycles. The van der Waals surface area contributed by atoms with Crippen LogP contribution in [0.5, 0.6) is 0 Å². The number of carboxylic acid groups (broad SMARTS) is 1. The van der Waals surface area contributed by atoms with Gasteiger partial charge in [-0.1, -0.05) is 17.7 Å². The molecular formula is C16H16FNO4S. The Morgan fingerprint density at radius 3 is 2.17 bits per heavy atom. The van der Waals surface area contributed by atoms with Crippen LogP contribution in [-0.2, 0) is 14.8 Å². The average molecular weight is 337 g/mol. The Balaban J connectivity index is 2.44. The number of hydrogen-bond donors (Lipinski definition) is 1. The summed E-state index contributed by atoms with van der Waals surface area (Å²) >= 11 is 0. The second-order valence-corrected chi connectivity index (χ2v) is 6.87. The summed E-state index contributed by atoms with van der Waals surface area (Å²) in [5, 5.41) is 8.84. The SMILES string of the molecule is Cc1ccc(S(=O)(=O)N(CCC(=O)O)c2ccc(F)cc2)cc1. The van der Waals surface area contributed by atoms with Crippen molar-refractivity contribution in [1.82, 2.24) is 0 Å². The summed E-state index contributed by atoms with van der Waals surface area (Å²) in [6.45, 7) is 1.59. The van der Waals surface area contributed by atoms with Crippen molar-refractivity contribution in [3.63, 3.8) is 0 Å². The quantitative estimate of drug-likeness (QED) is 0.879. The molecule has 0 radical (unpaired) electrons. The Kier molecular flexibility index (Phi) is 5.00. The molecule has 122 valence electrons. The molecule has 0 fully saturated rings. The molecule has 0 amide bonds. The van der Waals surface area contributed by atoms with Crippen LogP contribution < -0.4 is 4.31 Å². The van der Waals surface area contributed by atoms with E-state index in [2.05, 4.69) is 0 Å². The Bertz CT molecular complexity index is 786. The molecule has 0 aromatic heterocycles. The average Bonchev–Trinajstić information content (AvgIpc) is 2.49. The monoisotopic (exact) mass is 337 g/mol. The topological polar surface area (TPSA) is 74.7 Å². The van der Waals surface area contributed by atoms with Gasteiger partial charge in [0.15, 0.2) is 0 Å². The van der Waals surface area contributed by atoms with E-state index in [1.807, 2.05) is 6.92 Å². The van der Waals surface area contributed by atoms with Crippen LogP contribution in [0.3, 0.4) is 0 Å². The van der Waals surface area contributed by atoms with Crippen molar-refractivity contribution in [3.8, 4) is 0 Å². The second kappa shape index (κ2) is 6.78. The van der Waals surface area contributed by atoms with Gasteiger partial charge in [0.2, 0.25) is 0 Å². The molecule has 7 heteroatoms. The van der Waals surface area contributed by atoms with E-state index in [4.69, 9.17) is 5.11 Å². The largest absolute Gasteiger partial charge is 0.481 e. The molecule has 23 heavy (non-hydrogen) atoms. The standard InChI is InChI=1S/C16H16FNO4S/c1-12-2-8-15(9-3-12)23(21,22)18(11-10-16(19)20)14-6-4-13(17)5-7-14/h2-9H,10-11H2,1H3,(H,19,20). The smallest absolute Gasteiger partial charge is 0.305 e. The van der Waals surface area contributed by atoms with Gasteiger partial charge in [-0.2, -0.15) is 0 Å². The number of halogens is 1. The first-order valence-electron chi connectivity index (χ1n) is 6.87. The number of aryl methyl sites for hydroxylation is 1. The zero-order chi connectivity index (χ0) is 17.0. The van der Waals surface area contributed by atoms with Crippen LogP contribution in [0.1, 0.15) is 12.0 Å². The summed E-state index contributed by atoms with van der Waals surface area (Å²) in [6.07, 6.45) is -0.359. The predicted octanol–water partition coefficient (Wildman–Crippen LogP) is 2.80. The molecule has 5 nitrogen and oxygen atoms in total. The molecule has 0 saturated carbocycles. The maximum atomic E-state index is 13.1. The normalized spacial score (nSPS) is 11.2. The highest BCUT2D eigenvalue weighted by Crippen LogP contribution is 2.24. The van der Waals surface area contributed by atoms with E-state index in [0.717, 1.165) is 22.0 Å². The summed E-state index contributed by atoms with van der Waals surface area (Å²) in [5.74, 6) is -1.61. The Morgan fingerprint density at radius 1 is 1.09 bits per heavy atom. The van der Waals surface area contributed by atoms with E-state index in [9.17, 15) is 17.6 Å². The lowest BCUT2D eigenvalue weighted by Crippen LogP contribution is -2.33. The first-order chi connectivity index (χ1) is 10.8. The van der Waals surface area contributed by atoms with Crippen LogP contribution >= 0.6 is 0 Å².